The minimum Gasteiger partial charge on any atom is -0.311 e. The van der Waals surface area contributed by atoms with Gasteiger partial charge in [0.2, 0.25) is 5.91 Å². The van der Waals surface area contributed by atoms with Gasteiger partial charge in [0.1, 0.15) is 5.82 Å². The molecule has 20 heavy (non-hydrogen) atoms. The van der Waals surface area contributed by atoms with Gasteiger partial charge in [0, 0.05) is 12.5 Å². The van der Waals surface area contributed by atoms with E-state index in [1.807, 2.05) is 10.7 Å². The van der Waals surface area contributed by atoms with Crippen molar-refractivity contribution >= 4 is 11.7 Å². The van der Waals surface area contributed by atoms with Gasteiger partial charge in [0.25, 0.3) is 0 Å². The lowest BCUT2D eigenvalue weighted by atomic mass is 9.96. The van der Waals surface area contributed by atoms with Crippen molar-refractivity contribution in [2.45, 2.75) is 57.4 Å². The summed E-state index contributed by atoms with van der Waals surface area (Å²) >= 11 is 0. The first-order valence-corrected chi connectivity index (χ1v) is 7.83. The van der Waals surface area contributed by atoms with Crippen molar-refractivity contribution in [3.8, 4) is 0 Å². The van der Waals surface area contributed by atoms with Crippen LogP contribution in [-0.2, 0) is 4.79 Å². The Morgan fingerprint density at radius 2 is 2.15 bits per heavy atom. The van der Waals surface area contributed by atoms with Gasteiger partial charge in [0.15, 0.2) is 0 Å². The van der Waals surface area contributed by atoms with Crippen LogP contribution in [0.25, 0.3) is 0 Å². The SMILES string of the molecule is O=C(C[C@@H]1C=CCC1)Nc1ccnn1C1CCCCC1. The van der Waals surface area contributed by atoms with Crippen molar-refractivity contribution < 1.29 is 4.79 Å². The molecule has 2 aliphatic carbocycles. The number of carbonyl (C=O) groups excluding carboxylic acids is 1. The van der Waals surface area contributed by atoms with E-state index in [1.54, 1.807) is 6.20 Å². The fraction of sp³-hybridized carbons (Fsp3) is 0.625. The van der Waals surface area contributed by atoms with Crippen LogP contribution >= 0.6 is 0 Å². The molecule has 1 amide bonds. The minimum atomic E-state index is 0.110. The van der Waals surface area contributed by atoms with Gasteiger partial charge in [-0.15, -0.1) is 0 Å². The lowest BCUT2D eigenvalue weighted by Gasteiger charge is -2.24. The van der Waals surface area contributed by atoms with Gasteiger partial charge in [-0.3, -0.25) is 4.79 Å². The van der Waals surface area contributed by atoms with E-state index in [4.69, 9.17) is 0 Å². The van der Waals surface area contributed by atoms with E-state index in [0.29, 0.717) is 18.4 Å². The third-order valence-corrected chi connectivity index (χ3v) is 4.42. The summed E-state index contributed by atoms with van der Waals surface area (Å²) in [5, 5.41) is 7.46. The van der Waals surface area contributed by atoms with Crippen LogP contribution in [-0.4, -0.2) is 15.7 Å². The highest BCUT2D eigenvalue weighted by Crippen LogP contribution is 2.30. The zero-order chi connectivity index (χ0) is 13.8. The molecule has 1 fully saturated rings. The van der Waals surface area contributed by atoms with Crippen molar-refractivity contribution in [1.82, 2.24) is 9.78 Å². The summed E-state index contributed by atoms with van der Waals surface area (Å²) in [6.07, 6.45) is 15.1. The molecule has 1 N–H and O–H groups in total. The molecule has 0 radical (unpaired) electrons. The van der Waals surface area contributed by atoms with E-state index in [9.17, 15) is 4.79 Å². The molecule has 0 unspecified atom stereocenters. The topological polar surface area (TPSA) is 46.9 Å². The summed E-state index contributed by atoms with van der Waals surface area (Å²) < 4.78 is 2.02. The molecule has 2 aliphatic rings. The van der Waals surface area contributed by atoms with Crippen molar-refractivity contribution in [2.75, 3.05) is 5.32 Å². The molecule has 108 valence electrons. The van der Waals surface area contributed by atoms with Gasteiger partial charge in [-0.2, -0.15) is 5.10 Å². The maximum Gasteiger partial charge on any atom is 0.226 e. The van der Waals surface area contributed by atoms with Crippen LogP contribution in [0.4, 0.5) is 5.82 Å². The van der Waals surface area contributed by atoms with E-state index in [0.717, 1.165) is 18.7 Å². The van der Waals surface area contributed by atoms with Gasteiger partial charge in [-0.25, -0.2) is 4.68 Å². The maximum absolute atomic E-state index is 12.1. The number of carbonyl (C=O) groups is 1. The zero-order valence-electron chi connectivity index (χ0n) is 11.9. The van der Waals surface area contributed by atoms with Crippen LogP contribution in [0.15, 0.2) is 24.4 Å². The maximum atomic E-state index is 12.1. The highest BCUT2D eigenvalue weighted by atomic mass is 16.1. The quantitative estimate of drug-likeness (QED) is 0.851. The van der Waals surface area contributed by atoms with E-state index in [2.05, 4.69) is 22.6 Å². The Labute approximate surface area is 120 Å². The van der Waals surface area contributed by atoms with Crippen LogP contribution in [0.5, 0.6) is 0 Å². The van der Waals surface area contributed by atoms with Gasteiger partial charge in [0.05, 0.1) is 12.2 Å². The molecule has 4 heteroatoms. The predicted octanol–water partition coefficient (Wildman–Crippen LogP) is 3.68. The predicted molar refractivity (Wildman–Crippen MR) is 79.5 cm³/mol. The van der Waals surface area contributed by atoms with Gasteiger partial charge < -0.3 is 5.32 Å². The summed E-state index contributed by atoms with van der Waals surface area (Å²) in [5.74, 6) is 1.39. The van der Waals surface area contributed by atoms with Gasteiger partial charge in [-0.05, 0) is 31.6 Å². The van der Waals surface area contributed by atoms with E-state index < -0.39 is 0 Å². The number of nitrogens with zero attached hydrogens (tertiary/aromatic N) is 2. The minimum absolute atomic E-state index is 0.110. The van der Waals surface area contributed by atoms with Crippen molar-refractivity contribution in [1.29, 1.82) is 0 Å². The van der Waals surface area contributed by atoms with Crippen LogP contribution in [0.3, 0.4) is 0 Å². The number of rotatable bonds is 4. The molecule has 4 nitrogen and oxygen atoms in total. The Balaban J connectivity index is 1.60. The second kappa shape index (κ2) is 6.25. The number of hydrogen-bond donors (Lipinski definition) is 1. The Morgan fingerprint density at radius 3 is 2.90 bits per heavy atom. The second-order valence-electron chi connectivity index (χ2n) is 5.97. The lowest BCUT2D eigenvalue weighted by molar-refractivity contribution is -0.116. The normalized spacial score (nSPS) is 23.1. The molecule has 0 saturated heterocycles. The third-order valence-electron chi connectivity index (χ3n) is 4.42. The molecular formula is C16H23N3O. The van der Waals surface area contributed by atoms with Crippen LogP contribution in [0.1, 0.15) is 57.4 Å². The molecule has 1 aromatic heterocycles. The average Bonchev–Trinajstić information content (AvgIpc) is 3.11. The molecule has 0 spiro atoms. The molecular weight excluding hydrogens is 250 g/mol. The monoisotopic (exact) mass is 273 g/mol. The lowest BCUT2D eigenvalue weighted by Crippen LogP contribution is -2.21. The Bertz CT molecular complexity index is 486. The first-order valence-electron chi connectivity index (χ1n) is 7.83. The second-order valence-corrected chi connectivity index (χ2v) is 5.97. The third kappa shape index (κ3) is 3.11. The van der Waals surface area contributed by atoms with E-state index in [-0.39, 0.29) is 5.91 Å². The summed E-state index contributed by atoms with van der Waals surface area (Å²) in [6.45, 7) is 0. The number of allylic oxidation sites excluding steroid dienone is 2. The Morgan fingerprint density at radius 1 is 1.30 bits per heavy atom. The molecule has 1 aromatic rings. The number of aromatic nitrogens is 2. The van der Waals surface area contributed by atoms with Crippen molar-refractivity contribution in [3.63, 3.8) is 0 Å². The first kappa shape index (κ1) is 13.4. The first-order chi connectivity index (χ1) is 9.83. The van der Waals surface area contributed by atoms with Crippen molar-refractivity contribution in [3.05, 3.63) is 24.4 Å². The Kier molecular flexibility index (Phi) is 4.19. The smallest absolute Gasteiger partial charge is 0.226 e. The number of anilines is 1. The van der Waals surface area contributed by atoms with E-state index in [1.165, 1.54) is 32.1 Å². The largest absolute Gasteiger partial charge is 0.311 e. The fourth-order valence-electron chi connectivity index (χ4n) is 3.33. The molecule has 0 bridgehead atoms. The number of hydrogen-bond acceptors (Lipinski definition) is 2. The van der Waals surface area contributed by atoms with Crippen LogP contribution in [0, 0.1) is 5.92 Å². The Hall–Kier alpha value is -1.58. The molecule has 0 aromatic carbocycles. The highest BCUT2D eigenvalue weighted by molar-refractivity contribution is 5.90. The van der Waals surface area contributed by atoms with Gasteiger partial charge >= 0.3 is 0 Å². The van der Waals surface area contributed by atoms with E-state index >= 15 is 0 Å². The van der Waals surface area contributed by atoms with Crippen LogP contribution < -0.4 is 5.32 Å². The molecule has 1 saturated carbocycles. The average molecular weight is 273 g/mol. The summed E-state index contributed by atoms with van der Waals surface area (Å²) in [5.41, 5.74) is 0. The summed E-state index contributed by atoms with van der Waals surface area (Å²) in [6, 6.07) is 2.37. The standard InChI is InChI=1S/C16H23N3O/c20-16(12-13-6-4-5-7-13)18-15-10-11-17-19(15)14-8-2-1-3-9-14/h4,6,10-11,13-14H,1-3,5,7-9,12H2,(H,18,20)/t13-/m1/s1. The zero-order valence-corrected chi connectivity index (χ0v) is 11.9. The molecule has 0 aliphatic heterocycles. The van der Waals surface area contributed by atoms with Crippen LogP contribution in [0.2, 0.25) is 0 Å². The number of amides is 1. The van der Waals surface area contributed by atoms with Gasteiger partial charge in [-0.1, -0.05) is 31.4 Å². The molecule has 1 atom stereocenters. The number of nitrogens with one attached hydrogen (secondary N) is 1. The molecule has 3 rings (SSSR count). The molecule has 1 heterocycles. The summed E-state index contributed by atoms with van der Waals surface area (Å²) in [7, 11) is 0. The highest BCUT2D eigenvalue weighted by Gasteiger charge is 2.20. The summed E-state index contributed by atoms with van der Waals surface area (Å²) in [4.78, 5) is 12.1. The van der Waals surface area contributed by atoms with Crippen molar-refractivity contribution in [2.24, 2.45) is 5.92 Å². The fourth-order valence-corrected chi connectivity index (χ4v) is 3.33.